The van der Waals surface area contributed by atoms with Crippen molar-refractivity contribution in [1.82, 2.24) is 9.78 Å². The molecule has 0 saturated carbocycles. The number of fused-ring (bicyclic) bond motifs is 1. The molecule has 0 aliphatic carbocycles. The molecular weight excluding hydrogens is 116 g/mol. The van der Waals surface area contributed by atoms with Crippen LogP contribution < -0.4 is 5.73 Å². The molecule has 0 aromatic carbocycles. The Bertz CT molecular complexity index is 260. The predicted molar refractivity (Wildman–Crippen MR) is 34.8 cm³/mol. The van der Waals surface area contributed by atoms with Crippen LogP contribution in [0.3, 0.4) is 0 Å². The van der Waals surface area contributed by atoms with E-state index in [0.29, 0.717) is 5.69 Å². The Kier molecular flexibility index (Phi) is 0.677. The van der Waals surface area contributed by atoms with Crippen LogP contribution in [0.25, 0.3) is 0 Å². The Labute approximate surface area is 52.0 Å². The summed E-state index contributed by atoms with van der Waals surface area (Å²) in [4.78, 5) is 4.01. The zero-order valence-corrected chi connectivity index (χ0v) is 4.78. The van der Waals surface area contributed by atoms with Crippen LogP contribution in [0.1, 0.15) is 0 Å². The largest absolute Gasteiger partial charge is 0.394 e. The fourth-order valence-electron chi connectivity index (χ4n) is 0.873. The molecule has 2 heterocycles. The van der Waals surface area contributed by atoms with E-state index in [1.165, 1.54) is 0 Å². The van der Waals surface area contributed by atoms with Crippen LogP contribution in [0, 0.1) is 0 Å². The van der Waals surface area contributed by atoms with Gasteiger partial charge in [-0.2, -0.15) is 5.10 Å². The van der Waals surface area contributed by atoms with Crippen molar-refractivity contribution in [2.75, 3.05) is 5.73 Å². The van der Waals surface area contributed by atoms with Gasteiger partial charge in [-0.15, -0.1) is 0 Å². The van der Waals surface area contributed by atoms with Crippen molar-refractivity contribution in [2.24, 2.45) is 4.99 Å². The lowest BCUT2D eigenvalue weighted by Gasteiger charge is -1.88. The smallest absolute Gasteiger partial charge is 0.174 e. The summed E-state index contributed by atoms with van der Waals surface area (Å²) < 4.78 is 1.76. The number of hydrogen-bond donors (Lipinski definition) is 1. The monoisotopic (exact) mass is 122 g/mol. The lowest BCUT2D eigenvalue weighted by molar-refractivity contribution is 0.757. The zero-order chi connectivity index (χ0) is 6.27. The third-order valence-corrected chi connectivity index (χ3v) is 1.31. The first-order chi connectivity index (χ1) is 4.38. The predicted octanol–water partition coefficient (Wildman–Crippen LogP) is 0.181. The number of hydrogen-bond acceptors (Lipinski definition) is 3. The minimum atomic E-state index is 0.656. The molecule has 4 nitrogen and oxygen atoms in total. The summed E-state index contributed by atoms with van der Waals surface area (Å²) in [5.74, 6) is 0.787. The minimum absolute atomic E-state index is 0.656. The maximum absolute atomic E-state index is 5.49. The molecule has 1 aliphatic rings. The normalized spacial score (nSPS) is 14.2. The topological polar surface area (TPSA) is 56.2 Å². The minimum Gasteiger partial charge on any atom is -0.394 e. The van der Waals surface area contributed by atoms with Crippen LogP contribution >= 0.6 is 0 Å². The van der Waals surface area contributed by atoms with Crippen molar-refractivity contribution in [3.8, 4) is 0 Å². The second-order valence-corrected chi connectivity index (χ2v) is 1.92. The number of nitrogens with zero attached hydrogens (tertiary/aromatic N) is 3. The standard InChI is InChI=1S/C5H6N4/c6-4-3-8-9-2-1-7-5(4)9/h1,3H,2,6H2. The van der Waals surface area contributed by atoms with Gasteiger partial charge in [0.05, 0.1) is 18.4 Å². The van der Waals surface area contributed by atoms with Crippen LogP contribution in [0.5, 0.6) is 0 Å². The van der Waals surface area contributed by atoms with Crippen molar-refractivity contribution < 1.29 is 0 Å². The van der Waals surface area contributed by atoms with Gasteiger partial charge in [-0.1, -0.05) is 0 Å². The number of nitrogen functional groups attached to an aromatic ring is 1. The first kappa shape index (κ1) is 4.55. The van der Waals surface area contributed by atoms with Gasteiger partial charge in [-0.05, 0) is 0 Å². The lowest BCUT2D eigenvalue weighted by atomic mass is 10.5. The van der Waals surface area contributed by atoms with Crippen molar-refractivity contribution in [3.63, 3.8) is 0 Å². The molecule has 0 unspecified atom stereocenters. The number of anilines is 1. The average molecular weight is 122 g/mol. The highest BCUT2D eigenvalue weighted by Gasteiger charge is 2.08. The molecule has 2 N–H and O–H groups in total. The molecule has 2 rings (SSSR count). The van der Waals surface area contributed by atoms with E-state index in [2.05, 4.69) is 10.1 Å². The third kappa shape index (κ3) is 0.468. The summed E-state index contributed by atoms with van der Waals surface area (Å²) in [5.41, 5.74) is 6.15. The number of rotatable bonds is 0. The van der Waals surface area contributed by atoms with Gasteiger partial charge >= 0.3 is 0 Å². The van der Waals surface area contributed by atoms with E-state index >= 15 is 0 Å². The summed E-state index contributed by atoms with van der Waals surface area (Å²) in [5, 5.41) is 3.96. The van der Waals surface area contributed by atoms with E-state index in [-0.39, 0.29) is 0 Å². The van der Waals surface area contributed by atoms with E-state index in [9.17, 15) is 0 Å². The Hall–Kier alpha value is -1.32. The number of nitrogens with two attached hydrogens (primary N) is 1. The summed E-state index contributed by atoms with van der Waals surface area (Å²) >= 11 is 0. The fourth-order valence-corrected chi connectivity index (χ4v) is 0.873. The maximum atomic E-state index is 5.49. The molecular formula is C5H6N4. The van der Waals surface area contributed by atoms with Crippen molar-refractivity contribution in [2.45, 2.75) is 6.54 Å². The number of aliphatic imine (C=N–C) groups is 1. The molecule has 4 heteroatoms. The molecule has 46 valence electrons. The van der Waals surface area contributed by atoms with Gasteiger partial charge in [0.1, 0.15) is 0 Å². The van der Waals surface area contributed by atoms with Crippen LogP contribution in [-0.2, 0) is 6.54 Å². The molecule has 0 amide bonds. The van der Waals surface area contributed by atoms with E-state index in [0.717, 1.165) is 12.4 Å². The van der Waals surface area contributed by atoms with E-state index in [1.807, 2.05) is 0 Å². The summed E-state index contributed by atoms with van der Waals surface area (Å²) in [6.45, 7) is 0.756. The molecule has 0 bridgehead atoms. The van der Waals surface area contributed by atoms with Gasteiger partial charge in [-0.25, -0.2) is 9.67 Å². The molecule has 0 radical (unpaired) electrons. The van der Waals surface area contributed by atoms with Gasteiger partial charge in [-0.3, -0.25) is 0 Å². The third-order valence-electron chi connectivity index (χ3n) is 1.31. The second kappa shape index (κ2) is 1.34. The van der Waals surface area contributed by atoms with Crippen LogP contribution in [0.15, 0.2) is 11.2 Å². The maximum Gasteiger partial charge on any atom is 0.174 e. The van der Waals surface area contributed by atoms with Gasteiger partial charge in [0, 0.05) is 6.21 Å². The van der Waals surface area contributed by atoms with Gasteiger partial charge < -0.3 is 5.73 Å². The van der Waals surface area contributed by atoms with Crippen molar-refractivity contribution >= 4 is 17.7 Å². The van der Waals surface area contributed by atoms with Gasteiger partial charge in [0.15, 0.2) is 5.82 Å². The Morgan fingerprint density at radius 2 is 2.56 bits per heavy atom. The highest BCUT2D eigenvalue weighted by molar-refractivity contribution is 5.72. The van der Waals surface area contributed by atoms with Crippen molar-refractivity contribution in [3.05, 3.63) is 6.20 Å². The lowest BCUT2D eigenvalue weighted by Crippen LogP contribution is -1.92. The van der Waals surface area contributed by atoms with Crippen LogP contribution in [0.2, 0.25) is 0 Å². The first-order valence-corrected chi connectivity index (χ1v) is 2.72. The zero-order valence-electron chi connectivity index (χ0n) is 4.78. The van der Waals surface area contributed by atoms with Crippen molar-refractivity contribution in [1.29, 1.82) is 0 Å². The molecule has 0 fully saturated rings. The molecule has 1 aromatic heterocycles. The Morgan fingerprint density at radius 3 is 3.33 bits per heavy atom. The number of aromatic nitrogens is 2. The molecule has 0 spiro atoms. The van der Waals surface area contributed by atoms with Crippen LogP contribution in [-0.4, -0.2) is 16.0 Å². The SMILES string of the molecule is Nc1cnn2c1N=CC2. The van der Waals surface area contributed by atoms with Crippen LogP contribution in [0.4, 0.5) is 11.5 Å². The Morgan fingerprint density at radius 1 is 1.67 bits per heavy atom. The van der Waals surface area contributed by atoms with E-state index in [1.54, 1.807) is 17.1 Å². The van der Waals surface area contributed by atoms with E-state index in [4.69, 9.17) is 5.73 Å². The fraction of sp³-hybridized carbons (Fsp3) is 0.200. The molecule has 0 saturated heterocycles. The Balaban J connectivity index is 2.67. The highest BCUT2D eigenvalue weighted by atomic mass is 15.3. The first-order valence-electron chi connectivity index (χ1n) is 2.72. The average Bonchev–Trinajstić information content (AvgIpc) is 2.35. The summed E-state index contributed by atoms with van der Waals surface area (Å²) in [7, 11) is 0. The van der Waals surface area contributed by atoms with Gasteiger partial charge in [0.25, 0.3) is 0 Å². The van der Waals surface area contributed by atoms with E-state index < -0.39 is 0 Å². The highest BCUT2D eigenvalue weighted by Crippen LogP contribution is 2.22. The second-order valence-electron chi connectivity index (χ2n) is 1.92. The molecule has 9 heavy (non-hydrogen) atoms. The molecule has 0 atom stereocenters. The molecule has 1 aromatic rings. The molecule has 1 aliphatic heterocycles. The quantitative estimate of drug-likeness (QED) is 0.533. The summed E-state index contributed by atoms with van der Waals surface area (Å²) in [6.07, 6.45) is 3.41. The summed E-state index contributed by atoms with van der Waals surface area (Å²) in [6, 6.07) is 0. The van der Waals surface area contributed by atoms with Gasteiger partial charge in [0.2, 0.25) is 0 Å².